The molecule has 1 saturated carbocycles. The SMILES string of the molecule is CCC1CCC(O)C(CN2CCC(OCCO)CC2)C1. The fourth-order valence-corrected chi connectivity index (χ4v) is 3.72. The van der Waals surface area contributed by atoms with E-state index >= 15 is 0 Å². The van der Waals surface area contributed by atoms with Gasteiger partial charge in [0.15, 0.2) is 0 Å². The molecule has 118 valence electrons. The van der Waals surface area contributed by atoms with Crippen molar-refractivity contribution in [3.63, 3.8) is 0 Å². The molecule has 1 saturated heterocycles. The Labute approximate surface area is 123 Å². The predicted molar refractivity (Wildman–Crippen MR) is 79.6 cm³/mol. The van der Waals surface area contributed by atoms with E-state index in [1.807, 2.05) is 0 Å². The Balaban J connectivity index is 1.71. The van der Waals surface area contributed by atoms with Crippen LogP contribution in [0, 0.1) is 11.8 Å². The van der Waals surface area contributed by atoms with Gasteiger partial charge in [-0.1, -0.05) is 13.3 Å². The molecular formula is C16H31NO3. The Morgan fingerprint density at radius 3 is 2.55 bits per heavy atom. The summed E-state index contributed by atoms with van der Waals surface area (Å²) in [6.45, 7) is 6.02. The van der Waals surface area contributed by atoms with Crippen LogP contribution in [-0.2, 0) is 4.74 Å². The molecule has 1 heterocycles. The van der Waals surface area contributed by atoms with Crippen molar-refractivity contribution in [3.05, 3.63) is 0 Å². The van der Waals surface area contributed by atoms with Crippen LogP contribution >= 0.6 is 0 Å². The number of aliphatic hydroxyl groups is 2. The first-order valence-corrected chi connectivity index (χ1v) is 8.35. The van der Waals surface area contributed by atoms with Crippen molar-refractivity contribution in [2.45, 2.75) is 57.7 Å². The van der Waals surface area contributed by atoms with E-state index in [0.717, 1.165) is 44.8 Å². The van der Waals surface area contributed by atoms with Crippen molar-refractivity contribution >= 4 is 0 Å². The fourth-order valence-electron chi connectivity index (χ4n) is 3.72. The van der Waals surface area contributed by atoms with Crippen LogP contribution in [0.5, 0.6) is 0 Å². The van der Waals surface area contributed by atoms with Gasteiger partial charge in [-0.05, 0) is 43.9 Å². The average Bonchev–Trinajstić information content (AvgIpc) is 2.49. The van der Waals surface area contributed by atoms with Gasteiger partial charge in [-0.3, -0.25) is 0 Å². The van der Waals surface area contributed by atoms with Gasteiger partial charge in [0.25, 0.3) is 0 Å². The maximum absolute atomic E-state index is 10.2. The summed E-state index contributed by atoms with van der Waals surface area (Å²) >= 11 is 0. The third kappa shape index (κ3) is 4.69. The van der Waals surface area contributed by atoms with Gasteiger partial charge in [-0.15, -0.1) is 0 Å². The van der Waals surface area contributed by atoms with Crippen LogP contribution in [0.4, 0.5) is 0 Å². The summed E-state index contributed by atoms with van der Waals surface area (Å²) < 4.78 is 5.60. The minimum atomic E-state index is -0.0961. The molecule has 0 spiro atoms. The van der Waals surface area contributed by atoms with Crippen molar-refractivity contribution in [3.8, 4) is 0 Å². The molecule has 2 aliphatic rings. The second-order valence-corrected chi connectivity index (χ2v) is 6.51. The maximum Gasteiger partial charge on any atom is 0.0701 e. The molecule has 1 aliphatic heterocycles. The van der Waals surface area contributed by atoms with Gasteiger partial charge in [0.2, 0.25) is 0 Å². The summed E-state index contributed by atoms with van der Waals surface area (Å²) in [6.07, 6.45) is 6.96. The van der Waals surface area contributed by atoms with E-state index in [1.54, 1.807) is 0 Å². The van der Waals surface area contributed by atoms with Crippen molar-refractivity contribution in [1.29, 1.82) is 0 Å². The third-order valence-electron chi connectivity index (χ3n) is 5.10. The molecule has 0 aromatic carbocycles. The van der Waals surface area contributed by atoms with Crippen LogP contribution in [-0.4, -0.2) is 60.2 Å². The smallest absolute Gasteiger partial charge is 0.0701 e. The van der Waals surface area contributed by atoms with Crippen LogP contribution in [0.25, 0.3) is 0 Å². The molecule has 2 N–H and O–H groups in total. The average molecular weight is 285 g/mol. The number of nitrogens with zero attached hydrogens (tertiary/aromatic N) is 1. The number of rotatable bonds is 6. The van der Waals surface area contributed by atoms with Crippen LogP contribution in [0.3, 0.4) is 0 Å². The van der Waals surface area contributed by atoms with Gasteiger partial charge in [0, 0.05) is 19.6 Å². The van der Waals surface area contributed by atoms with E-state index in [9.17, 15) is 5.11 Å². The van der Waals surface area contributed by atoms with E-state index < -0.39 is 0 Å². The highest BCUT2D eigenvalue weighted by Gasteiger charge is 2.30. The van der Waals surface area contributed by atoms with Crippen molar-refractivity contribution in [2.75, 3.05) is 32.8 Å². The molecule has 0 amide bonds. The summed E-state index contributed by atoms with van der Waals surface area (Å²) in [5.74, 6) is 1.28. The van der Waals surface area contributed by atoms with Crippen molar-refractivity contribution in [1.82, 2.24) is 4.90 Å². The Morgan fingerprint density at radius 2 is 1.90 bits per heavy atom. The fraction of sp³-hybridized carbons (Fsp3) is 1.00. The zero-order valence-electron chi connectivity index (χ0n) is 12.8. The second-order valence-electron chi connectivity index (χ2n) is 6.51. The molecule has 3 atom stereocenters. The van der Waals surface area contributed by atoms with E-state index in [1.165, 1.54) is 19.3 Å². The highest BCUT2D eigenvalue weighted by Crippen LogP contribution is 2.32. The van der Waals surface area contributed by atoms with Crippen molar-refractivity contribution < 1.29 is 14.9 Å². The lowest BCUT2D eigenvalue weighted by atomic mass is 9.78. The van der Waals surface area contributed by atoms with Crippen LogP contribution in [0.2, 0.25) is 0 Å². The first kappa shape index (κ1) is 16.2. The lowest BCUT2D eigenvalue weighted by Crippen LogP contribution is -2.43. The molecule has 4 nitrogen and oxygen atoms in total. The minimum absolute atomic E-state index is 0.0961. The third-order valence-corrected chi connectivity index (χ3v) is 5.10. The number of ether oxygens (including phenoxy) is 1. The largest absolute Gasteiger partial charge is 0.394 e. The van der Waals surface area contributed by atoms with E-state index in [-0.39, 0.29) is 12.7 Å². The minimum Gasteiger partial charge on any atom is -0.394 e. The first-order valence-electron chi connectivity index (χ1n) is 8.35. The van der Waals surface area contributed by atoms with Crippen molar-refractivity contribution in [2.24, 2.45) is 11.8 Å². The van der Waals surface area contributed by atoms with Crippen LogP contribution < -0.4 is 0 Å². The maximum atomic E-state index is 10.2. The van der Waals surface area contributed by atoms with Gasteiger partial charge in [0.1, 0.15) is 0 Å². The molecule has 3 unspecified atom stereocenters. The Kier molecular flexibility index (Phi) is 6.75. The molecule has 20 heavy (non-hydrogen) atoms. The molecule has 0 aromatic rings. The summed E-state index contributed by atoms with van der Waals surface area (Å²) in [5.41, 5.74) is 0. The van der Waals surface area contributed by atoms with Gasteiger partial charge < -0.3 is 19.8 Å². The Hall–Kier alpha value is -0.160. The monoisotopic (exact) mass is 285 g/mol. The molecule has 1 aliphatic carbocycles. The second kappa shape index (κ2) is 8.32. The van der Waals surface area contributed by atoms with Gasteiger partial charge >= 0.3 is 0 Å². The predicted octanol–water partition coefficient (Wildman–Crippen LogP) is 1.65. The Bertz CT molecular complexity index is 266. The lowest BCUT2D eigenvalue weighted by Gasteiger charge is -2.39. The molecule has 2 fully saturated rings. The standard InChI is InChI=1S/C16H31NO3/c1-2-13-3-4-16(19)14(11-13)12-17-7-5-15(6-8-17)20-10-9-18/h13-16,18-19H,2-12H2,1H3. The van der Waals surface area contributed by atoms with Crippen LogP contribution in [0.15, 0.2) is 0 Å². The Morgan fingerprint density at radius 1 is 1.15 bits per heavy atom. The van der Waals surface area contributed by atoms with Crippen LogP contribution in [0.1, 0.15) is 45.4 Å². The van der Waals surface area contributed by atoms with E-state index in [0.29, 0.717) is 18.6 Å². The molecule has 0 aromatic heterocycles. The van der Waals surface area contributed by atoms with E-state index in [4.69, 9.17) is 9.84 Å². The van der Waals surface area contributed by atoms with Gasteiger partial charge in [-0.25, -0.2) is 0 Å². The van der Waals surface area contributed by atoms with Gasteiger partial charge in [-0.2, -0.15) is 0 Å². The van der Waals surface area contributed by atoms with E-state index in [2.05, 4.69) is 11.8 Å². The number of hydrogen-bond donors (Lipinski definition) is 2. The normalized spacial score (nSPS) is 33.5. The summed E-state index contributed by atoms with van der Waals surface area (Å²) in [4.78, 5) is 2.49. The highest BCUT2D eigenvalue weighted by molar-refractivity contribution is 4.83. The number of aliphatic hydroxyl groups excluding tert-OH is 2. The summed E-state index contributed by atoms with van der Waals surface area (Å²) in [6, 6.07) is 0. The highest BCUT2D eigenvalue weighted by atomic mass is 16.5. The quantitative estimate of drug-likeness (QED) is 0.779. The molecule has 2 rings (SSSR count). The first-order chi connectivity index (χ1) is 9.72. The number of piperidine rings is 1. The summed E-state index contributed by atoms with van der Waals surface area (Å²) in [5, 5.41) is 19.0. The zero-order valence-corrected chi connectivity index (χ0v) is 12.8. The molecular weight excluding hydrogens is 254 g/mol. The number of hydrogen-bond acceptors (Lipinski definition) is 4. The zero-order chi connectivity index (χ0) is 14.4. The molecule has 0 radical (unpaired) electrons. The topological polar surface area (TPSA) is 52.9 Å². The summed E-state index contributed by atoms with van der Waals surface area (Å²) in [7, 11) is 0. The number of likely N-dealkylation sites (tertiary alicyclic amines) is 1. The lowest BCUT2D eigenvalue weighted by molar-refractivity contribution is -0.0220. The van der Waals surface area contributed by atoms with Gasteiger partial charge in [0.05, 0.1) is 25.4 Å². The molecule has 4 heteroatoms. The molecule has 0 bridgehead atoms.